The van der Waals surface area contributed by atoms with Crippen molar-refractivity contribution in [2.75, 3.05) is 56.7 Å². The van der Waals surface area contributed by atoms with Crippen LogP contribution >= 0.6 is 83.1 Å². The van der Waals surface area contributed by atoms with Crippen LogP contribution in [0, 0.1) is 34.0 Å². The monoisotopic (exact) mass is 1600 g/mol. The van der Waals surface area contributed by atoms with E-state index >= 15 is 0 Å². The molecule has 6 aromatic carbocycles. The van der Waals surface area contributed by atoms with Gasteiger partial charge < -0.3 is 46.8 Å². The van der Waals surface area contributed by atoms with Crippen molar-refractivity contribution < 1.29 is 87.2 Å². The van der Waals surface area contributed by atoms with Gasteiger partial charge in [-0.15, -0.1) is 0 Å². The number of nitrogens with one attached hydrogen (secondary N) is 3. The quantitative estimate of drug-likeness (QED) is 0.0185. The fourth-order valence-electron chi connectivity index (χ4n) is 8.89. The molecule has 27 nitrogen and oxygen atoms in total. The van der Waals surface area contributed by atoms with Crippen LogP contribution in [0.15, 0.2) is 157 Å². The summed E-state index contributed by atoms with van der Waals surface area (Å²) in [6, 6.07) is 40.2. The van der Waals surface area contributed by atoms with Crippen LogP contribution in [0.3, 0.4) is 0 Å². The average Bonchev–Trinajstić information content (AvgIpc) is 1.40. The van der Waals surface area contributed by atoms with Crippen molar-refractivity contribution in [1.82, 2.24) is 44.6 Å². The summed E-state index contributed by atoms with van der Waals surface area (Å²) in [5, 5.41) is 59.4. The van der Waals surface area contributed by atoms with Crippen LogP contribution in [0.4, 0.5) is 0 Å². The van der Waals surface area contributed by atoms with Crippen molar-refractivity contribution in [3.63, 3.8) is 0 Å². The predicted molar refractivity (Wildman–Crippen MR) is 380 cm³/mol. The number of carbonyl (C=O) groups is 9. The van der Waals surface area contributed by atoms with Crippen molar-refractivity contribution in [2.45, 2.75) is 55.0 Å². The van der Waals surface area contributed by atoms with Gasteiger partial charge in [0.15, 0.2) is 15.5 Å². The Morgan fingerprint density at radius 1 is 0.470 bits per heavy atom. The fraction of sp³-hybridized carbons (Fsp3) is 0.227. The van der Waals surface area contributed by atoms with E-state index in [2.05, 4.69) is 102 Å². The molecule has 3 amide bonds. The zero-order valence-electron chi connectivity index (χ0n) is 53.6. The number of halogens is 3. The number of aliphatic carboxylic acids is 2. The van der Waals surface area contributed by atoms with Gasteiger partial charge in [-0.25, -0.2) is 15.0 Å². The van der Waals surface area contributed by atoms with E-state index in [4.69, 9.17) is 20.7 Å². The third kappa shape index (κ3) is 24.3. The number of carboxylic acids is 2. The number of carbonyl (C=O) groups excluding carboxylic acids is 7. The van der Waals surface area contributed by atoms with Crippen molar-refractivity contribution in [3.05, 3.63) is 158 Å². The first-order valence-electron chi connectivity index (χ1n) is 29.3. The number of esters is 2. The summed E-state index contributed by atoms with van der Waals surface area (Å²) >= 11 is 14.1. The van der Waals surface area contributed by atoms with Crippen molar-refractivity contribution >= 4 is 169 Å². The second kappa shape index (κ2) is 42.7. The predicted octanol–water partition coefficient (Wildman–Crippen LogP) is 6.37. The number of thioether (sulfide) groups is 3. The number of hydrogen-bond acceptors (Lipinski definition) is 22. The molecule has 0 aliphatic heterocycles. The van der Waals surface area contributed by atoms with E-state index in [0.29, 0.717) is 48.0 Å². The molecule has 34 heteroatoms. The average molecular weight is 1600 g/mol. The molecule has 9 aromatic rings. The van der Waals surface area contributed by atoms with Crippen LogP contribution in [-0.4, -0.2) is 154 Å². The molecule has 0 radical (unpaired) electrons. The Balaban J connectivity index is 0.000000296. The molecule has 8 N–H and O–H groups in total. The fourth-order valence-corrected chi connectivity index (χ4v) is 13.1. The number of aromatic nitrogens is 6. The summed E-state index contributed by atoms with van der Waals surface area (Å²) in [6.45, 7) is 3.05. The van der Waals surface area contributed by atoms with Crippen LogP contribution in [-0.2, 0) is 52.6 Å². The Bertz CT molecular complexity index is 4570. The molecule has 100 heavy (non-hydrogen) atoms. The molecular weight excluding hydrogens is 1540 g/mol. The summed E-state index contributed by atoms with van der Waals surface area (Å²) < 4.78 is 17.0. The zero-order valence-corrected chi connectivity index (χ0v) is 60.8. The third-order valence-electron chi connectivity index (χ3n) is 13.3. The number of Topliss-reactive ketones (excluding diaryl/α,β-unsaturated/α-hetero) is 2. The van der Waals surface area contributed by atoms with Gasteiger partial charge in [0, 0.05) is 58.0 Å². The number of fused-ring (bicyclic) bond motifs is 3. The Morgan fingerprint density at radius 3 is 1.08 bits per heavy atom. The van der Waals surface area contributed by atoms with Crippen LogP contribution < -0.4 is 40.5 Å². The van der Waals surface area contributed by atoms with E-state index in [1.165, 1.54) is 23.5 Å². The van der Waals surface area contributed by atoms with E-state index < -0.39 is 36.3 Å². The van der Waals surface area contributed by atoms with Gasteiger partial charge in [0.05, 0.1) is 108 Å². The number of ether oxygens (including phenoxy) is 2. The van der Waals surface area contributed by atoms with Crippen LogP contribution in [0.25, 0.3) is 49.4 Å². The minimum atomic E-state index is -1.14. The minimum absolute atomic E-state index is 0. The second-order valence-corrected chi connectivity index (χ2v) is 25.1. The van der Waals surface area contributed by atoms with Crippen molar-refractivity contribution in [1.29, 1.82) is 15.8 Å². The molecule has 3 aromatic heterocycles. The number of nitrogens with zero attached hydrogens (tertiary/aromatic N) is 9. The molecule has 0 unspecified atom stereocenters. The summed E-state index contributed by atoms with van der Waals surface area (Å²) in [4.78, 5) is 115. The van der Waals surface area contributed by atoms with Crippen molar-refractivity contribution in [3.8, 4) is 35.3 Å². The number of benzene rings is 6. The molecule has 0 saturated heterocycles. The smallest absolute Gasteiger partial charge is 0.870 e. The Labute approximate surface area is 622 Å². The summed E-state index contributed by atoms with van der Waals surface area (Å²) in [5.41, 5.74) is 9.22. The Kier molecular flexibility index (Phi) is 35.6. The molecule has 0 fully saturated rings. The summed E-state index contributed by atoms with van der Waals surface area (Å²) in [5.74, 6) is -4.29. The van der Waals surface area contributed by atoms with Gasteiger partial charge in [0.25, 0.3) is 0 Å². The van der Waals surface area contributed by atoms with E-state index in [-0.39, 0.29) is 117 Å². The maximum Gasteiger partial charge on any atom is 1.00 e. The van der Waals surface area contributed by atoms with Gasteiger partial charge in [0.2, 0.25) is 17.7 Å². The first kappa shape index (κ1) is 83.3. The first-order valence-corrected chi connectivity index (χ1v) is 34.6. The van der Waals surface area contributed by atoms with Crippen molar-refractivity contribution in [2.24, 2.45) is 5.73 Å². The standard InChI is InChI=1S/C23H21BrN4O4S.C21H17BrN4O4S.C16H10BrN3O2S.C6H12N2O3.Li.H2O/c1-2-32-22(31)13-26-21(30)10-8-16(29)14-33-23-27-12-20(24)28(23)19-9-7-15(11-25)17-5-3-4-6-18(17)19;22-18-10-25-21(31-12-14(27)6-8-19(28)24-11-20(29)30)26(18)17-7-5-13(9-23)15-3-1-2-4-16(15)17;17-14-8-19-16(23-9-15(21)22)20(14)13-6-5-10(7-18)11-3-1-2-4-12(11)13;1-2-11-6(10)4-8-5(9)3-7;;/h3-7,9,12H,2,8,10,13-14H2,1H3,(H,26,30);1-5,7,10H,6,8,11-12H2,(H,24,28)(H,29,30);1-6,8H,9H2,(H,21,22);2-4,7H2,1H3,(H,8,9);;1H2/q;;;;+1;/p-1. The molecule has 3 heterocycles. The van der Waals surface area contributed by atoms with Gasteiger partial charge in [-0.1, -0.05) is 108 Å². The molecule has 0 aliphatic carbocycles. The number of ketones is 2. The summed E-state index contributed by atoms with van der Waals surface area (Å²) in [6.07, 6.45) is 4.94. The van der Waals surface area contributed by atoms with Gasteiger partial charge in [0.1, 0.15) is 45.0 Å². The van der Waals surface area contributed by atoms with Gasteiger partial charge in [-0.3, -0.25) is 56.9 Å². The maximum absolute atomic E-state index is 12.3. The minimum Gasteiger partial charge on any atom is -0.870 e. The molecule has 0 spiro atoms. The normalized spacial score (nSPS) is 10.2. The van der Waals surface area contributed by atoms with E-state index in [0.717, 1.165) is 65.7 Å². The van der Waals surface area contributed by atoms with Gasteiger partial charge >= 0.3 is 42.7 Å². The first-order chi connectivity index (χ1) is 47.2. The number of rotatable bonds is 27. The van der Waals surface area contributed by atoms with Crippen LogP contribution in [0.1, 0.15) is 56.2 Å². The number of amides is 3. The largest absolute Gasteiger partial charge is 1.00 e. The van der Waals surface area contributed by atoms with E-state index in [1.807, 2.05) is 105 Å². The Morgan fingerprint density at radius 2 is 0.780 bits per heavy atom. The van der Waals surface area contributed by atoms with Crippen LogP contribution in [0.2, 0.25) is 0 Å². The molecule has 0 aliphatic rings. The van der Waals surface area contributed by atoms with Crippen LogP contribution in [0.5, 0.6) is 0 Å². The zero-order chi connectivity index (χ0) is 71.3. The van der Waals surface area contributed by atoms with Gasteiger partial charge in [-0.05, 0) is 98.0 Å². The molecular formula is C66H61Br3LiN13O14S3. The number of hydrogen-bond donors (Lipinski definition) is 6. The SMILES string of the molecule is CCOC(=O)CNC(=O)CCC(=O)CSc1ncc(Br)n1-c1ccc(C#N)c2ccccc12.CCOC(=O)CNC(=O)CN.N#Cc1ccc(-n2c(Br)cnc2SCC(=O)CCC(=O)NCC(=O)O)c2ccccc12.N#Cc1ccc(-n2c(Br)cnc2SCC(=O)O)c2ccccc12.[Li+].[OH-]. The Hall–Kier alpha value is -9.16. The summed E-state index contributed by atoms with van der Waals surface area (Å²) in [7, 11) is 0. The number of nitriles is 3. The molecule has 514 valence electrons. The number of carboxylic acid groups (broad SMARTS) is 2. The molecule has 0 bridgehead atoms. The molecule has 0 atom stereocenters. The number of imidazole rings is 3. The van der Waals surface area contributed by atoms with E-state index in [9.17, 15) is 58.9 Å². The van der Waals surface area contributed by atoms with Gasteiger partial charge in [-0.2, -0.15) is 15.8 Å². The number of nitrogens with two attached hydrogens (primary N) is 1. The maximum atomic E-state index is 12.3. The second-order valence-electron chi connectivity index (χ2n) is 19.8. The third-order valence-corrected chi connectivity index (χ3v) is 17.9. The van der Waals surface area contributed by atoms with E-state index in [1.54, 1.807) is 50.6 Å². The topological polar surface area (TPSA) is 429 Å². The molecule has 0 saturated carbocycles. The molecule has 9 rings (SSSR count).